The highest BCUT2D eigenvalue weighted by atomic mass is 32.1. The molecular weight excluding hydrogens is 1220 g/mol. The van der Waals surface area contributed by atoms with Gasteiger partial charge in [-0.2, -0.15) is 0 Å². The molecular formula is C92H60N6S. The van der Waals surface area contributed by atoms with Gasteiger partial charge in [0.05, 0.1) is 82.7 Å². The van der Waals surface area contributed by atoms with Crippen LogP contribution in [0.25, 0.3) is 186 Å². The van der Waals surface area contributed by atoms with Crippen LogP contribution in [-0.4, -0.2) is 28.2 Å². The lowest BCUT2D eigenvalue weighted by molar-refractivity contribution is 1.04. The van der Waals surface area contributed by atoms with E-state index in [2.05, 4.69) is 360 Å². The third kappa shape index (κ3) is 8.88. The molecule has 0 aliphatic rings. The molecule has 464 valence electrons. The second kappa shape index (κ2) is 22.5. The first-order valence-corrected chi connectivity index (χ1v) is 34.7. The highest BCUT2D eigenvalue weighted by Crippen LogP contribution is 2.56. The van der Waals surface area contributed by atoms with E-state index < -0.39 is 0 Å². The second-order valence-corrected chi connectivity index (χ2v) is 27.1. The smallest absolute Gasteiger partial charge is 0.128 e. The number of hydrogen-bond acceptors (Lipinski definition) is 3. The molecule has 7 heteroatoms. The lowest BCUT2D eigenvalue weighted by atomic mass is 9.92. The van der Waals surface area contributed by atoms with Crippen LogP contribution in [0.5, 0.6) is 0 Å². The van der Waals surface area contributed by atoms with E-state index in [1.807, 2.05) is 0 Å². The number of nitrogens with zero attached hydrogens (tertiary/aromatic N) is 6. The maximum absolute atomic E-state index is 6.01. The van der Waals surface area contributed by atoms with Crippen LogP contribution < -0.4 is 0 Å². The summed E-state index contributed by atoms with van der Waals surface area (Å²) in [5.74, 6) is 0. The van der Waals surface area contributed by atoms with E-state index in [0.29, 0.717) is 0 Å². The molecule has 0 saturated carbocycles. The van der Waals surface area contributed by atoms with Crippen LogP contribution in [0.1, 0.15) is 11.4 Å². The van der Waals surface area contributed by atoms with E-state index in [-0.39, 0.29) is 0 Å². The summed E-state index contributed by atoms with van der Waals surface area (Å²) in [6, 6.07) is 121. The van der Waals surface area contributed by atoms with Gasteiger partial charge in [0.15, 0.2) is 0 Å². The van der Waals surface area contributed by atoms with E-state index in [1.165, 1.54) is 0 Å². The van der Waals surface area contributed by atoms with E-state index in [0.717, 1.165) is 198 Å². The Bertz CT molecular complexity index is 6610. The zero-order valence-corrected chi connectivity index (χ0v) is 55.1. The number of aryl methyl sites for hydroxylation is 2. The molecule has 20 aromatic rings. The largest absolute Gasteiger partial charge is 0.308 e. The molecule has 0 saturated heterocycles. The minimum absolute atomic E-state index is 0.887. The van der Waals surface area contributed by atoms with Crippen LogP contribution in [0.2, 0.25) is 0 Å². The summed E-state index contributed by atoms with van der Waals surface area (Å²) in [6.45, 7) is 4.30. The Morgan fingerprint density at radius 2 is 0.525 bits per heavy atom. The first-order valence-electron chi connectivity index (χ1n) is 33.9. The number of fused-ring (bicyclic) bond motifs is 13. The normalized spacial score (nSPS) is 11.9. The van der Waals surface area contributed by atoms with Crippen molar-refractivity contribution >= 4 is 109 Å². The molecule has 99 heavy (non-hydrogen) atoms. The van der Waals surface area contributed by atoms with Crippen molar-refractivity contribution in [1.82, 2.24) is 28.2 Å². The van der Waals surface area contributed by atoms with Crippen molar-refractivity contribution in [2.45, 2.75) is 13.8 Å². The van der Waals surface area contributed by atoms with Crippen molar-refractivity contribution in [1.29, 1.82) is 0 Å². The van der Waals surface area contributed by atoms with E-state index in [9.17, 15) is 0 Å². The number of thiazole rings is 1. The Morgan fingerprint density at radius 1 is 0.222 bits per heavy atom. The number of para-hydroxylation sites is 5. The molecule has 0 N–H and O–H groups in total. The molecule has 0 spiro atoms. The van der Waals surface area contributed by atoms with Crippen molar-refractivity contribution in [2.24, 2.45) is 0 Å². The minimum atomic E-state index is 0.887. The molecule has 0 bridgehead atoms. The fourth-order valence-electron chi connectivity index (χ4n) is 16.1. The van der Waals surface area contributed by atoms with Gasteiger partial charge in [-0.15, -0.1) is 11.3 Å². The topological polar surface area (TPSA) is 45.5 Å². The monoisotopic (exact) mass is 1280 g/mol. The average molecular weight is 1280 g/mol. The Labute approximate surface area is 575 Å². The summed E-state index contributed by atoms with van der Waals surface area (Å²) >= 11 is 1.76. The molecule has 6 heterocycles. The van der Waals surface area contributed by atoms with Crippen LogP contribution in [0, 0.1) is 13.8 Å². The highest BCUT2D eigenvalue weighted by Gasteiger charge is 2.37. The summed E-state index contributed by atoms with van der Waals surface area (Å²) < 4.78 is 11.6. The summed E-state index contributed by atoms with van der Waals surface area (Å²) in [6.07, 6.45) is 0. The molecule has 6 nitrogen and oxygen atoms in total. The summed E-state index contributed by atoms with van der Waals surface area (Å²) in [7, 11) is 0. The fraction of sp³-hybridized carbons (Fsp3) is 0.0217. The van der Waals surface area contributed by atoms with Crippen molar-refractivity contribution in [3.63, 3.8) is 0 Å². The zero-order valence-electron chi connectivity index (χ0n) is 54.3. The van der Waals surface area contributed by atoms with Gasteiger partial charge < -0.3 is 18.3 Å². The lowest BCUT2D eigenvalue weighted by Crippen LogP contribution is -2.16. The summed E-state index contributed by atoms with van der Waals surface area (Å²) in [5.41, 5.74) is 27.6. The fourth-order valence-corrected chi connectivity index (χ4v) is 17.1. The number of aromatic nitrogens is 6. The summed E-state index contributed by atoms with van der Waals surface area (Å²) in [5, 5.41) is 10.1. The quantitative estimate of drug-likeness (QED) is 0.137. The first kappa shape index (κ1) is 56.6. The molecule has 0 atom stereocenters. The van der Waals surface area contributed by atoms with E-state index >= 15 is 0 Å². The zero-order chi connectivity index (χ0) is 65.4. The van der Waals surface area contributed by atoms with Gasteiger partial charge in [-0.1, -0.05) is 231 Å². The van der Waals surface area contributed by atoms with E-state index in [1.54, 1.807) is 11.3 Å². The van der Waals surface area contributed by atoms with Crippen molar-refractivity contribution in [3.8, 4) is 89.0 Å². The van der Waals surface area contributed by atoms with Gasteiger partial charge in [0, 0.05) is 60.0 Å². The number of pyridine rings is 1. The van der Waals surface area contributed by atoms with Gasteiger partial charge in [0.1, 0.15) is 5.01 Å². The van der Waals surface area contributed by atoms with E-state index in [4.69, 9.17) is 9.97 Å². The molecule has 0 aliphatic heterocycles. The van der Waals surface area contributed by atoms with Crippen LogP contribution >= 0.6 is 11.3 Å². The van der Waals surface area contributed by atoms with Crippen LogP contribution in [0.15, 0.2) is 328 Å². The number of hydrogen-bond donors (Lipinski definition) is 0. The first-order chi connectivity index (χ1) is 49.0. The lowest BCUT2D eigenvalue weighted by Gasteiger charge is -2.31. The SMILES string of the molecule is Cc1cc(-c2c(-n3c4ccccc4c4cc(-c5ccccc5)ccc43)c(-c3nc4ccccc4s3)c(-n3c4ccccc4c4cc(-c5ccccc5)ccc43)c(-n3c4ccccc4c4cc(-c5ccccc5)ccc43)c2-n2c3ccccc3c3cc(-c4ccccc4)ccc32)cc(C)n1. The van der Waals surface area contributed by atoms with Gasteiger partial charge in [-0.3, -0.25) is 4.98 Å². The van der Waals surface area contributed by atoms with Gasteiger partial charge in [-0.05, 0) is 161 Å². The van der Waals surface area contributed by atoms with Crippen LogP contribution in [0.4, 0.5) is 0 Å². The minimum Gasteiger partial charge on any atom is -0.308 e. The molecule has 0 aliphatic carbocycles. The Balaban J connectivity index is 1.10. The molecule has 0 radical (unpaired) electrons. The second-order valence-electron chi connectivity index (χ2n) is 26.1. The Hall–Kier alpha value is -12.7. The third-order valence-corrected chi connectivity index (χ3v) is 21.3. The van der Waals surface area contributed by atoms with Crippen LogP contribution in [0.3, 0.4) is 0 Å². The molecule has 14 aromatic carbocycles. The number of benzene rings is 14. The van der Waals surface area contributed by atoms with Crippen molar-refractivity contribution in [2.75, 3.05) is 0 Å². The Morgan fingerprint density at radius 3 is 0.899 bits per heavy atom. The predicted molar refractivity (Wildman–Crippen MR) is 417 cm³/mol. The number of rotatable bonds is 10. The average Bonchev–Trinajstić information content (AvgIpc) is 1.58. The molecule has 0 unspecified atom stereocenters. The van der Waals surface area contributed by atoms with Gasteiger partial charge >= 0.3 is 0 Å². The molecule has 0 amide bonds. The predicted octanol–water partition coefficient (Wildman–Crippen LogP) is 24.7. The third-order valence-electron chi connectivity index (χ3n) is 20.3. The van der Waals surface area contributed by atoms with Crippen molar-refractivity contribution in [3.05, 3.63) is 339 Å². The molecule has 0 fully saturated rings. The maximum atomic E-state index is 6.01. The van der Waals surface area contributed by atoms with Gasteiger partial charge in [0.25, 0.3) is 0 Å². The van der Waals surface area contributed by atoms with Gasteiger partial charge in [0.2, 0.25) is 0 Å². The highest BCUT2D eigenvalue weighted by molar-refractivity contribution is 7.21. The summed E-state index contributed by atoms with van der Waals surface area (Å²) in [4.78, 5) is 11.2. The van der Waals surface area contributed by atoms with Crippen LogP contribution in [-0.2, 0) is 0 Å². The molecule has 6 aromatic heterocycles. The molecule has 20 rings (SSSR count). The Kier molecular flexibility index (Phi) is 12.9. The maximum Gasteiger partial charge on any atom is 0.128 e. The standard InChI is InChI=1S/C92H60N6S/c1-57-51-67(52-58(2)93-57)86-88(95-77-38-20-15-33-68(77)72-53-63(43-47-81(72)95)59-25-7-3-8-26-59)87(92-94-76-37-19-24-42-85(76)99-92)90(97-79-40-22-17-35-70(79)74-55-65(45-49-83(74)97)61-29-11-5-12-30-61)91(98-80-41-23-18-36-71(80)75-56-66(46-50-84(75)98)62-31-13-6-14-32-62)89(86)96-78-39-21-16-34-69(78)73-54-64(44-48-82(73)96)60-27-9-4-10-28-60/h3-56H,1-2H3. The van der Waals surface area contributed by atoms with Crippen molar-refractivity contribution < 1.29 is 0 Å². The van der Waals surface area contributed by atoms with Gasteiger partial charge in [-0.25, -0.2) is 4.98 Å².